The number of carbonyl (C=O) groups excluding carboxylic acids is 4. The second-order valence-corrected chi connectivity index (χ2v) is 10.6. The van der Waals surface area contributed by atoms with Crippen LogP contribution in [0, 0.1) is 5.92 Å². The van der Waals surface area contributed by atoms with Gasteiger partial charge in [0.15, 0.2) is 0 Å². The topological polar surface area (TPSA) is 126 Å². The summed E-state index contributed by atoms with van der Waals surface area (Å²) >= 11 is 0. The molecule has 4 rings (SSSR count). The average Bonchev–Trinajstić information content (AvgIpc) is 3.52. The lowest BCUT2D eigenvalue weighted by Gasteiger charge is -2.07. The van der Waals surface area contributed by atoms with Crippen LogP contribution in [0.2, 0.25) is 0 Å². The normalized spacial score (nSPS) is 10.8. The average molecular weight is 569 g/mol. The first-order valence-corrected chi connectivity index (χ1v) is 13.8. The van der Waals surface area contributed by atoms with Crippen molar-refractivity contribution in [3.63, 3.8) is 0 Å². The van der Waals surface area contributed by atoms with E-state index in [0.29, 0.717) is 52.9 Å². The fraction of sp³-hybridized carbons (Fsp3) is 0.250. The van der Waals surface area contributed by atoms with Crippen LogP contribution in [0.5, 0.6) is 0 Å². The third-order valence-corrected chi connectivity index (χ3v) is 6.79. The Hall–Kier alpha value is -5.12. The molecule has 0 saturated heterocycles. The Kier molecular flexibility index (Phi) is 9.59. The molecule has 10 heteroatoms. The smallest absolute Gasteiger partial charge is 0.272 e. The minimum Gasteiger partial charge on any atom is -0.346 e. The molecule has 218 valence electrons. The van der Waals surface area contributed by atoms with Gasteiger partial charge in [-0.3, -0.25) is 19.2 Å². The van der Waals surface area contributed by atoms with Gasteiger partial charge in [-0.2, -0.15) is 0 Å². The number of benzene rings is 2. The monoisotopic (exact) mass is 568 g/mol. The molecular formula is C32H36N6O4. The van der Waals surface area contributed by atoms with E-state index >= 15 is 0 Å². The molecule has 2 aromatic heterocycles. The van der Waals surface area contributed by atoms with E-state index in [2.05, 4.69) is 35.1 Å². The van der Waals surface area contributed by atoms with Crippen molar-refractivity contribution in [2.45, 2.75) is 33.1 Å². The maximum absolute atomic E-state index is 12.9. The Balaban J connectivity index is 1.36. The number of nitrogens with zero attached hydrogens (tertiary/aromatic N) is 2. The SMILES string of the molecule is CC(C)CCCC(=O)Nc1cc(C(=O)Nc2ccc(-c3cc(C(=O)Nc4ccc(NC=O)cc4)n(C)c3)cc2)n(C)c1. The lowest BCUT2D eigenvalue weighted by molar-refractivity contribution is -0.116. The van der Waals surface area contributed by atoms with Gasteiger partial charge in [-0.25, -0.2) is 0 Å². The zero-order valence-corrected chi connectivity index (χ0v) is 24.2. The summed E-state index contributed by atoms with van der Waals surface area (Å²) in [7, 11) is 3.56. The molecule has 0 saturated carbocycles. The van der Waals surface area contributed by atoms with Crippen molar-refractivity contribution in [1.82, 2.24) is 9.13 Å². The fourth-order valence-electron chi connectivity index (χ4n) is 4.56. The van der Waals surface area contributed by atoms with Gasteiger partial charge < -0.3 is 30.4 Å². The van der Waals surface area contributed by atoms with Gasteiger partial charge in [-0.05, 0) is 66.4 Å². The van der Waals surface area contributed by atoms with Crippen molar-refractivity contribution < 1.29 is 19.2 Å². The van der Waals surface area contributed by atoms with Crippen molar-refractivity contribution in [3.05, 3.63) is 84.4 Å². The summed E-state index contributed by atoms with van der Waals surface area (Å²) in [5.74, 6) is -0.0658. The molecule has 0 unspecified atom stereocenters. The number of aromatic nitrogens is 2. The highest BCUT2D eigenvalue weighted by atomic mass is 16.2. The zero-order chi connectivity index (χ0) is 30.2. The molecule has 2 heterocycles. The van der Waals surface area contributed by atoms with Crippen molar-refractivity contribution >= 4 is 46.9 Å². The first-order valence-electron chi connectivity index (χ1n) is 13.8. The van der Waals surface area contributed by atoms with Gasteiger partial charge in [0.2, 0.25) is 12.3 Å². The summed E-state index contributed by atoms with van der Waals surface area (Å²) < 4.78 is 3.43. The molecule has 42 heavy (non-hydrogen) atoms. The van der Waals surface area contributed by atoms with Crippen LogP contribution in [0.15, 0.2) is 73.1 Å². The largest absolute Gasteiger partial charge is 0.346 e. The number of amides is 4. The van der Waals surface area contributed by atoms with E-state index in [-0.39, 0.29) is 17.7 Å². The van der Waals surface area contributed by atoms with Crippen LogP contribution in [0.25, 0.3) is 11.1 Å². The van der Waals surface area contributed by atoms with Gasteiger partial charge in [0.25, 0.3) is 11.8 Å². The first-order chi connectivity index (χ1) is 20.1. The van der Waals surface area contributed by atoms with Crippen LogP contribution in [0.1, 0.15) is 54.1 Å². The second kappa shape index (κ2) is 13.5. The van der Waals surface area contributed by atoms with Crippen molar-refractivity contribution in [1.29, 1.82) is 0 Å². The van der Waals surface area contributed by atoms with E-state index < -0.39 is 0 Å². The highest BCUT2D eigenvalue weighted by molar-refractivity contribution is 6.05. The van der Waals surface area contributed by atoms with Gasteiger partial charge in [-0.1, -0.05) is 32.4 Å². The molecule has 2 aromatic carbocycles. The molecule has 0 aliphatic carbocycles. The summed E-state index contributed by atoms with van der Waals surface area (Å²) in [5.41, 5.74) is 5.07. The number of aryl methyl sites for hydroxylation is 2. The number of rotatable bonds is 12. The molecule has 4 aromatic rings. The van der Waals surface area contributed by atoms with Crippen molar-refractivity contribution in [3.8, 4) is 11.1 Å². The van der Waals surface area contributed by atoms with Gasteiger partial charge in [0, 0.05) is 55.5 Å². The van der Waals surface area contributed by atoms with E-state index in [0.717, 1.165) is 24.0 Å². The van der Waals surface area contributed by atoms with Gasteiger partial charge in [0.1, 0.15) is 11.4 Å². The minimum absolute atomic E-state index is 0.0624. The predicted molar refractivity (Wildman–Crippen MR) is 166 cm³/mol. The van der Waals surface area contributed by atoms with Crippen molar-refractivity contribution in [2.24, 2.45) is 20.0 Å². The Morgan fingerprint density at radius 3 is 1.86 bits per heavy atom. The Morgan fingerprint density at radius 2 is 1.26 bits per heavy atom. The van der Waals surface area contributed by atoms with E-state index in [1.165, 1.54) is 0 Å². The standard InChI is InChI=1S/C32H36N6O4/c1-21(2)6-5-7-30(40)34-27-17-29(38(4)19-27)32(42)35-25-10-8-22(9-11-25)23-16-28(37(3)18-23)31(41)36-26-14-12-24(13-15-26)33-20-39/h8-21H,5-7H2,1-4H3,(H,33,39)(H,34,40)(H,35,42)(H,36,41). The number of hydrogen-bond acceptors (Lipinski definition) is 4. The van der Waals surface area contributed by atoms with E-state index in [1.807, 2.05) is 18.3 Å². The van der Waals surface area contributed by atoms with E-state index in [1.54, 1.807) is 78.0 Å². The van der Waals surface area contributed by atoms with Crippen LogP contribution in [0.3, 0.4) is 0 Å². The molecule has 0 atom stereocenters. The Labute approximate surface area is 245 Å². The molecule has 4 amide bonds. The van der Waals surface area contributed by atoms with Gasteiger partial charge >= 0.3 is 0 Å². The van der Waals surface area contributed by atoms with Crippen LogP contribution in [-0.2, 0) is 23.7 Å². The molecule has 4 N–H and O–H groups in total. The van der Waals surface area contributed by atoms with E-state index in [9.17, 15) is 19.2 Å². The van der Waals surface area contributed by atoms with Gasteiger partial charge in [0.05, 0.1) is 5.69 Å². The summed E-state index contributed by atoms with van der Waals surface area (Å²) in [6, 6.07) is 17.6. The van der Waals surface area contributed by atoms with Crippen LogP contribution < -0.4 is 21.3 Å². The Bertz CT molecular complexity index is 1570. The van der Waals surface area contributed by atoms with Crippen molar-refractivity contribution in [2.75, 3.05) is 21.3 Å². The molecule has 0 fully saturated rings. The Morgan fingerprint density at radius 1 is 0.714 bits per heavy atom. The number of carbonyl (C=O) groups is 4. The van der Waals surface area contributed by atoms with Crippen LogP contribution in [-0.4, -0.2) is 33.3 Å². The lowest BCUT2D eigenvalue weighted by Crippen LogP contribution is -2.15. The number of anilines is 4. The van der Waals surface area contributed by atoms with Gasteiger partial charge in [-0.15, -0.1) is 0 Å². The summed E-state index contributed by atoms with van der Waals surface area (Å²) in [5, 5.41) is 11.2. The summed E-state index contributed by atoms with van der Waals surface area (Å²) in [6.45, 7) is 4.26. The summed E-state index contributed by atoms with van der Waals surface area (Å²) in [6.07, 6.45) is 6.45. The predicted octanol–water partition coefficient (Wildman–Crippen LogP) is 5.87. The molecule has 10 nitrogen and oxygen atoms in total. The first kappa shape index (κ1) is 29.9. The second-order valence-electron chi connectivity index (χ2n) is 10.6. The third kappa shape index (κ3) is 7.75. The molecular weight excluding hydrogens is 532 g/mol. The quantitative estimate of drug-likeness (QED) is 0.160. The minimum atomic E-state index is -0.292. The fourth-order valence-corrected chi connectivity index (χ4v) is 4.56. The molecule has 0 aliphatic rings. The van der Waals surface area contributed by atoms with Crippen LogP contribution >= 0.6 is 0 Å². The molecule has 0 aliphatic heterocycles. The number of nitrogens with one attached hydrogen (secondary N) is 4. The highest BCUT2D eigenvalue weighted by Crippen LogP contribution is 2.25. The lowest BCUT2D eigenvalue weighted by atomic mass is 10.1. The molecule has 0 bridgehead atoms. The molecule has 0 radical (unpaired) electrons. The maximum Gasteiger partial charge on any atom is 0.272 e. The number of hydrogen-bond donors (Lipinski definition) is 4. The highest BCUT2D eigenvalue weighted by Gasteiger charge is 2.16. The molecule has 0 spiro atoms. The zero-order valence-electron chi connectivity index (χ0n) is 24.2. The van der Waals surface area contributed by atoms with E-state index in [4.69, 9.17) is 0 Å². The van der Waals surface area contributed by atoms with Crippen LogP contribution in [0.4, 0.5) is 22.7 Å². The maximum atomic E-state index is 12.9. The third-order valence-electron chi connectivity index (χ3n) is 6.79. The summed E-state index contributed by atoms with van der Waals surface area (Å²) in [4.78, 5) is 48.6.